The van der Waals surface area contributed by atoms with Crippen molar-refractivity contribution in [2.75, 3.05) is 7.11 Å². The van der Waals surface area contributed by atoms with Crippen LogP contribution in [0.4, 0.5) is 0 Å². The average Bonchev–Trinajstić information content (AvgIpc) is 3.23. The lowest BCUT2D eigenvalue weighted by molar-refractivity contribution is -0.138. The Morgan fingerprint density at radius 1 is 1.03 bits per heavy atom. The third-order valence-electron chi connectivity index (χ3n) is 5.45. The third kappa shape index (κ3) is 5.05. The van der Waals surface area contributed by atoms with Gasteiger partial charge in [0.1, 0.15) is 5.75 Å². The highest BCUT2D eigenvalue weighted by atomic mass is 35.5. The van der Waals surface area contributed by atoms with Crippen molar-refractivity contribution in [2.24, 2.45) is 0 Å². The van der Waals surface area contributed by atoms with E-state index in [1.807, 2.05) is 67.6 Å². The Labute approximate surface area is 202 Å². The van der Waals surface area contributed by atoms with Gasteiger partial charge in [-0.3, -0.25) is 4.79 Å². The van der Waals surface area contributed by atoms with Gasteiger partial charge in [-0.2, -0.15) is 5.10 Å². The molecule has 0 radical (unpaired) electrons. The molecule has 1 heterocycles. The van der Waals surface area contributed by atoms with Crippen molar-refractivity contribution in [1.82, 2.24) is 9.78 Å². The normalized spacial score (nSPS) is 11.9. The van der Waals surface area contributed by atoms with E-state index in [-0.39, 0.29) is 6.42 Å². The fourth-order valence-corrected chi connectivity index (χ4v) is 4.05. The van der Waals surface area contributed by atoms with E-state index >= 15 is 0 Å². The molecule has 0 unspecified atom stereocenters. The Kier molecular flexibility index (Phi) is 6.72. The second kappa shape index (κ2) is 9.69. The number of aliphatic carboxylic acids is 1. The number of nitrogens with zero attached hydrogens (tertiary/aromatic N) is 2. The SMILES string of the molecule is COc1ccc(-n2nc(C[C@H](C(=O)O)c3cccc(C)c3)cc2-c2ccc(Cl)c(Cl)c2)cc1. The van der Waals surface area contributed by atoms with Crippen LogP contribution in [0.1, 0.15) is 22.7 Å². The van der Waals surface area contributed by atoms with Crippen LogP contribution in [0.3, 0.4) is 0 Å². The number of aromatic nitrogens is 2. The number of methoxy groups -OCH3 is 1. The molecule has 3 aromatic carbocycles. The van der Waals surface area contributed by atoms with Crippen molar-refractivity contribution in [2.45, 2.75) is 19.3 Å². The highest BCUT2D eigenvalue weighted by molar-refractivity contribution is 6.42. The maximum absolute atomic E-state index is 12.1. The fraction of sp³-hybridized carbons (Fsp3) is 0.154. The third-order valence-corrected chi connectivity index (χ3v) is 6.19. The van der Waals surface area contributed by atoms with Crippen molar-refractivity contribution in [3.8, 4) is 22.7 Å². The Balaban J connectivity index is 1.79. The van der Waals surface area contributed by atoms with E-state index in [0.717, 1.165) is 33.8 Å². The minimum atomic E-state index is -0.893. The number of carbonyl (C=O) groups is 1. The maximum atomic E-state index is 12.1. The van der Waals surface area contributed by atoms with Crippen LogP contribution in [-0.2, 0) is 11.2 Å². The Morgan fingerprint density at radius 3 is 2.42 bits per heavy atom. The Bertz CT molecular complexity index is 1300. The van der Waals surface area contributed by atoms with Gasteiger partial charge in [0.2, 0.25) is 0 Å². The molecule has 168 valence electrons. The standard InChI is InChI=1S/C26H22Cl2N2O3/c1-16-4-3-5-17(12-16)22(26(31)32)14-19-15-25(18-6-11-23(27)24(28)13-18)30(29-19)20-7-9-21(33-2)10-8-20/h3-13,15,22H,14H2,1-2H3,(H,31,32)/t22-/m0/s1. The van der Waals surface area contributed by atoms with Gasteiger partial charge in [-0.25, -0.2) is 4.68 Å². The Hall–Kier alpha value is -3.28. The molecular weight excluding hydrogens is 459 g/mol. The van der Waals surface area contributed by atoms with Gasteiger partial charge in [-0.05, 0) is 55.0 Å². The van der Waals surface area contributed by atoms with Crippen LogP contribution in [0, 0.1) is 6.92 Å². The monoisotopic (exact) mass is 480 g/mol. The smallest absolute Gasteiger partial charge is 0.311 e. The average molecular weight is 481 g/mol. The molecule has 0 saturated carbocycles. The van der Waals surface area contributed by atoms with Crippen molar-refractivity contribution >= 4 is 29.2 Å². The summed E-state index contributed by atoms with van der Waals surface area (Å²) in [5.74, 6) is -0.880. The van der Waals surface area contributed by atoms with Gasteiger partial charge in [-0.15, -0.1) is 0 Å². The topological polar surface area (TPSA) is 64.4 Å². The summed E-state index contributed by atoms with van der Waals surface area (Å²) in [7, 11) is 1.61. The van der Waals surface area contributed by atoms with E-state index in [1.54, 1.807) is 23.9 Å². The van der Waals surface area contributed by atoms with E-state index < -0.39 is 11.9 Å². The van der Waals surface area contributed by atoms with Crippen LogP contribution >= 0.6 is 23.2 Å². The first-order valence-corrected chi connectivity index (χ1v) is 11.1. The summed E-state index contributed by atoms with van der Waals surface area (Å²) < 4.78 is 7.05. The van der Waals surface area contributed by atoms with Gasteiger partial charge >= 0.3 is 5.97 Å². The molecule has 0 aliphatic carbocycles. The number of hydrogen-bond donors (Lipinski definition) is 1. The lowest BCUT2D eigenvalue weighted by Gasteiger charge is -2.12. The predicted molar refractivity (Wildman–Crippen MR) is 131 cm³/mol. The van der Waals surface area contributed by atoms with Crippen LogP contribution in [0.25, 0.3) is 16.9 Å². The van der Waals surface area contributed by atoms with E-state index in [9.17, 15) is 9.90 Å². The molecule has 1 atom stereocenters. The number of benzene rings is 3. The summed E-state index contributed by atoms with van der Waals surface area (Å²) in [5.41, 5.74) is 4.83. The molecule has 4 rings (SSSR count). The minimum absolute atomic E-state index is 0.246. The Morgan fingerprint density at radius 2 is 1.79 bits per heavy atom. The zero-order valence-corrected chi connectivity index (χ0v) is 19.6. The largest absolute Gasteiger partial charge is 0.497 e. The molecule has 0 fully saturated rings. The van der Waals surface area contributed by atoms with Crippen LogP contribution in [0.15, 0.2) is 72.8 Å². The summed E-state index contributed by atoms with van der Waals surface area (Å²) >= 11 is 12.4. The van der Waals surface area contributed by atoms with Crippen molar-refractivity contribution in [3.63, 3.8) is 0 Å². The number of halogens is 2. The van der Waals surface area contributed by atoms with Crippen molar-refractivity contribution in [3.05, 3.63) is 99.7 Å². The number of carboxylic acids is 1. The first kappa shape index (κ1) is 22.9. The molecule has 1 aromatic heterocycles. The molecule has 4 aromatic rings. The molecule has 1 N–H and O–H groups in total. The molecule has 0 amide bonds. The van der Waals surface area contributed by atoms with Crippen LogP contribution in [0.5, 0.6) is 5.75 Å². The van der Waals surface area contributed by atoms with Gasteiger partial charge in [0.15, 0.2) is 0 Å². The summed E-state index contributed by atoms with van der Waals surface area (Å²) in [6.45, 7) is 1.95. The minimum Gasteiger partial charge on any atom is -0.497 e. The van der Waals surface area contributed by atoms with E-state index in [1.165, 1.54) is 0 Å². The lowest BCUT2D eigenvalue weighted by Crippen LogP contribution is -2.15. The summed E-state index contributed by atoms with van der Waals surface area (Å²) in [6.07, 6.45) is 0.246. The molecule has 7 heteroatoms. The molecule has 33 heavy (non-hydrogen) atoms. The van der Waals surface area contributed by atoms with Gasteiger partial charge < -0.3 is 9.84 Å². The summed E-state index contributed by atoms with van der Waals surface area (Å²) in [4.78, 5) is 12.1. The number of rotatable bonds is 7. The number of carboxylic acid groups (broad SMARTS) is 1. The summed E-state index contributed by atoms with van der Waals surface area (Å²) in [5, 5.41) is 15.6. The van der Waals surface area contributed by atoms with E-state index in [0.29, 0.717) is 15.7 Å². The second-order valence-electron chi connectivity index (χ2n) is 7.77. The van der Waals surface area contributed by atoms with Crippen molar-refractivity contribution in [1.29, 1.82) is 0 Å². The van der Waals surface area contributed by atoms with Gasteiger partial charge in [0.25, 0.3) is 0 Å². The quantitative estimate of drug-likeness (QED) is 0.324. The number of ether oxygens (including phenoxy) is 1. The van der Waals surface area contributed by atoms with Crippen LogP contribution in [-0.4, -0.2) is 28.0 Å². The highest BCUT2D eigenvalue weighted by Crippen LogP contribution is 2.32. The zero-order valence-electron chi connectivity index (χ0n) is 18.1. The lowest BCUT2D eigenvalue weighted by atomic mass is 9.93. The van der Waals surface area contributed by atoms with Gasteiger partial charge in [0.05, 0.1) is 40.1 Å². The molecule has 0 bridgehead atoms. The van der Waals surface area contributed by atoms with E-state index in [2.05, 4.69) is 0 Å². The zero-order chi connectivity index (χ0) is 23.5. The number of aryl methyl sites for hydroxylation is 1. The molecular formula is C26H22Cl2N2O3. The molecule has 0 aliphatic rings. The van der Waals surface area contributed by atoms with Crippen molar-refractivity contribution < 1.29 is 14.6 Å². The van der Waals surface area contributed by atoms with Crippen LogP contribution < -0.4 is 4.74 Å². The highest BCUT2D eigenvalue weighted by Gasteiger charge is 2.23. The second-order valence-corrected chi connectivity index (χ2v) is 8.58. The summed E-state index contributed by atoms with van der Waals surface area (Å²) in [6, 6.07) is 22.3. The number of hydrogen-bond acceptors (Lipinski definition) is 3. The molecule has 0 saturated heterocycles. The predicted octanol–water partition coefficient (Wildman–Crippen LogP) is 6.57. The first-order chi connectivity index (χ1) is 15.9. The molecule has 5 nitrogen and oxygen atoms in total. The maximum Gasteiger partial charge on any atom is 0.311 e. The van der Waals surface area contributed by atoms with Gasteiger partial charge in [0, 0.05) is 12.0 Å². The first-order valence-electron chi connectivity index (χ1n) is 10.3. The molecule has 0 aliphatic heterocycles. The van der Waals surface area contributed by atoms with Gasteiger partial charge in [-0.1, -0.05) is 59.1 Å². The molecule has 0 spiro atoms. The van der Waals surface area contributed by atoms with E-state index in [4.69, 9.17) is 33.0 Å². The fourth-order valence-electron chi connectivity index (χ4n) is 3.75. The van der Waals surface area contributed by atoms with Crippen LogP contribution in [0.2, 0.25) is 10.0 Å².